The van der Waals surface area contributed by atoms with E-state index in [1.807, 2.05) is 30.3 Å². The number of ketones is 1. The summed E-state index contributed by atoms with van der Waals surface area (Å²) >= 11 is 0. The Morgan fingerprint density at radius 2 is 1.78 bits per heavy atom. The van der Waals surface area contributed by atoms with Gasteiger partial charge in [-0.1, -0.05) is 48.5 Å². The van der Waals surface area contributed by atoms with E-state index in [0.717, 1.165) is 31.5 Å². The number of halogens is 1. The van der Waals surface area contributed by atoms with E-state index in [1.165, 1.54) is 6.07 Å². The van der Waals surface area contributed by atoms with Crippen molar-refractivity contribution in [2.45, 2.75) is 25.6 Å². The van der Waals surface area contributed by atoms with E-state index in [4.69, 9.17) is 4.74 Å². The summed E-state index contributed by atoms with van der Waals surface area (Å²) in [5, 5.41) is 10.2. The van der Waals surface area contributed by atoms with Crippen molar-refractivity contribution >= 4 is 5.78 Å². The Morgan fingerprint density at radius 1 is 1.11 bits per heavy atom. The van der Waals surface area contributed by atoms with E-state index >= 15 is 0 Å². The summed E-state index contributed by atoms with van der Waals surface area (Å²) in [4.78, 5) is 14.7. The molecule has 0 aliphatic carbocycles. The first-order valence-electron chi connectivity index (χ1n) is 9.44. The van der Waals surface area contributed by atoms with Gasteiger partial charge in [-0.15, -0.1) is 0 Å². The SMILES string of the molecule is O=C(c1ccccc1)C1CCN(CC(O)COCc2ccccc2F)CC1. The van der Waals surface area contributed by atoms with Gasteiger partial charge in [-0.05, 0) is 32.0 Å². The number of aliphatic hydroxyl groups excluding tert-OH is 1. The molecule has 1 unspecified atom stereocenters. The van der Waals surface area contributed by atoms with Crippen molar-refractivity contribution < 1.29 is 19.0 Å². The van der Waals surface area contributed by atoms with Crippen molar-refractivity contribution in [1.82, 2.24) is 4.90 Å². The molecule has 1 atom stereocenters. The largest absolute Gasteiger partial charge is 0.389 e. The van der Waals surface area contributed by atoms with Gasteiger partial charge >= 0.3 is 0 Å². The summed E-state index contributed by atoms with van der Waals surface area (Å²) in [5.74, 6) is -0.0285. The highest BCUT2D eigenvalue weighted by atomic mass is 19.1. The van der Waals surface area contributed by atoms with Gasteiger partial charge in [0.15, 0.2) is 5.78 Å². The number of aliphatic hydroxyl groups is 1. The van der Waals surface area contributed by atoms with Crippen LogP contribution in [0.3, 0.4) is 0 Å². The van der Waals surface area contributed by atoms with E-state index in [9.17, 15) is 14.3 Å². The molecule has 144 valence electrons. The number of piperidine rings is 1. The summed E-state index contributed by atoms with van der Waals surface area (Å²) in [6.07, 6.45) is 0.978. The van der Waals surface area contributed by atoms with Gasteiger partial charge in [-0.3, -0.25) is 4.79 Å². The minimum absolute atomic E-state index is 0.0538. The molecule has 27 heavy (non-hydrogen) atoms. The highest BCUT2D eigenvalue weighted by Crippen LogP contribution is 2.22. The van der Waals surface area contributed by atoms with Crippen LogP contribution in [0.25, 0.3) is 0 Å². The molecule has 1 aliphatic rings. The first-order valence-corrected chi connectivity index (χ1v) is 9.44. The summed E-state index contributed by atoms with van der Waals surface area (Å²) in [6, 6.07) is 15.9. The van der Waals surface area contributed by atoms with Crippen LogP contribution in [0.2, 0.25) is 0 Å². The van der Waals surface area contributed by atoms with Crippen LogP contribution in [-0.2, 0) is 11.3 Å². The number of Topliss-reactive ketones (excluding diaryl/α,β-unsaturated/α-hetero) is 1. The monoisotopic (exact) mass is 371 g/mol. The highest BCUT2D eigenvalue weighted by molar-refractivity contribution is 5.97. The lowest BCUT2D eigenvalue weighted by molar-refractivity contribution is 0.00418. The van der Waals surface area contributed by atoms with Crippen LogP contribution >= 0.6 is 0 Å². The van der Waals surface area contributed by atoms with Crippen molar-refractivity contribution in [3.8, 4) is 0 Å². The normalized spacial score (nSPS) is 17.0. The lowest BCUT2D eigenvalue weighted by atomic mass is 9.89. The van der Waals surface area contributed by atoms with Crippen LogP contribution in [0.4, 0.5) is 4.39 Å². The Hall–Kier alpha value is -2.08. The van der Waals surface area contributed by atoms with E-state index in [0.29, 0.717) is 12.1 Å². The summed E-state index contributed by atoms with van der Waals surface area (Å²) in [6.45, 7) is 2.39. The van der Waals surface area contributed by atoms with Crippen LogP contribution in [0, 0.1) is 11.7 Å². The second-order valence-electron chi connectivity index (χ2n) is 7.07. The van der Waals surface area contributed by atoms with Gasteiger partial charge in [-0.25, -0.2) is 4.39 Å². The van der Waals surface area contributed by atoms with Crippen molar-refractivity contribution in [3.05, 3.63) is 71.5 Å². The standard InChI is InChI=1S/C22H26FNO3/c23-21-9-5-4-8-19(21)15-27-16-20(25)14-24-12-10-18(11-13-24)22(26)17-6-2-1-3-7-17/h1-9,18,20,25H,10-16H2. The first-order chi connectivity index (χ1) is 13.1. The third-order valence-electron chi connectivity index (χ3n) is 5.01. The van der Waals surface area contributed by atoms with Crippen LogP contribution in [0.1, 0.15) is 28.8 Å². The fourth-order valence-electron chi connectivity index (χ4n) is 3.49. The molecular weight excluding hydrogens is 345 g/mol. The van der Waals surface area contributed by atoms with Gasteiger partial charge < -0.3 is 14.7 Å². The molecule has 0 amide bonds. The van der Waals surface area contributed by atoms with Crippen molar-refractivity contribution in [3.63, 3.8) is 0 Å². The molecule has 0 bridgehead atoms. The van der Waals surface area contributed by atoms with E-state index < -0.39 is 6.10 Å². The number of hydrogen-bond acceptors (Lipinski definition) is 4. The molecule has 2 aromatic carbocycles. The number of ether oxygens (including phenoxy) is 1. The lowest BCUT2D eigenvalue weighted by Crippen LogP contribution is -2.41. The number of carbonyl (C=O) groups excluding carboxylic acids is 1. The second kappa shape index (κ2) is 9.74. The molecule has 1 N–H and O–H groups in total. The van der Waals surface area contributed by atoms with Crippen molar-refractivity contribution in [2.75, 3.05) is 26.2 Å². The molecule has 0 radical (unpaired) electrons. The number of carbonyl (C=O) groups is 1. The fraction of sp³-hybridized carbons (Fsp3) is 0.409. The molecule has 3 rings (SSSR count). The van der Waals surface area contributed by atoms with Crippen molar-refractivity contribution in [2.24, 2.45) is 5.92 Å². The summed E-state index contributed by atoms with van der Waals surface area (Å²) < 4.78 is 19.0. The number of rotatable bonds is 8. The summed E-state index contributed by atoms with van der Waals surface area (Å²) in [5.41, 5.74) is 1.27. The number of nitrogens with zero attached hydrogens (tertiary/aromatic N) is 1. The van der Waals surface area contributed by atoms with E-state index in [1.54, 1.807) is 18.2 Å². The Kier molecular flexibility index (Phi) is 7.10. The number of hydrogen-bond donors (Lipinski definition) is 1. The molecule has 1 heterocycles. The molecule has 5 heteroatoms. The smallest absolute Gasteiger partial charge is 0.166 e. The average Bonchev–Trinajstić information content (AvgIpc) is 2.70. The van der Waals surface area contributed by atoms with Gasteiger partial charge in [0.2, 0.25) is 0 Å². The zero-order valence-corrected chi connectivity index (χ0v) is 15.4. The Labute approximate surface area is 159 Å². The number of likely N-dealkylation sites (tertiary alicyclic amines) is 1. The Morgan fingerprint density at radius 3 is 2.48 bits per heavy atom. The Bertz CT molecular complexity index is 729. The van der Waals surface area contributed by atoms with Gasteiger partial charge in [0.1, 0.15) is 5.82 Å². The predicted octanol–water partition coefficient (Wildman–Crippen LogP) is 3.30. The van der Waals surface area contributed by atoms with E-state index in [2.05, 4.69) is 4.90 Å². The Balaban J connectivity index is 1.37. The fourth-order valence-corrected chi connectivity index (χ4v) is 3.49. The van der Waals surface area contributed by atoms with Crippen LogP contribution in [-0.4, -0.2) is 48.1 Å². The molecule has 4 nitrogen and oxygen atoms in total. The maximum atomic E-state index is 13.5. The number of benzene rings is 2. The zero-order valence-electron chi connectivity index (χ0n) is 15.4. The predicted molar refractivity (Wildman–Crippen MR) is 102 cm³/mol. The average molecular weight is 371 g/mol. The first kappa shape index (κ1) is 19.7. The van der Waals surface area contributed by atoms with Gasteiger partial charge in [-0.2, -0.15) is 0 Å². The molecule has 1 aliphatic heterocycles. The quantitative estimate of drug-likeness (QED) is 0.724. The molecule has 1 saturated heterocycles. The van der Waals surface area contributed by atoms with E-state index in [-0.39, 0.29) is 30.7 Å². The minimum atomic E-state index is -0.627. The highest BCUT2D eigenvalue weighted by Gasteiger charge is 2.26. The number of β-amino-alcohol motifs (C(OH)–C–C–N with tert-alkyl or cyclic N) is 1. The molecule has 0 saturated carbocycles. The molecule has 0 spiro atoms. The maximum absolute atomic E-state index is 13.5. The van der Waals surface area contributed by atoms with Crippen LogP contribution in [0.15, 0.2) is 54.6 Å². The summed E-state index contributed by atoms with van der Waals surface area (Å²) in [7, 11) is 0. The minimum Gasteiger partial charge on any atom is -0.389 e. The van der Waals surface area contributed by atoms with Gasteiger partial charge in [0.05, 0.1) is 19.3 Å². The van der Waals surface area contributed by atoms with Crippen LogP contribution < -0.4 is 0 Å². The molecular formula is C22H26FNO3. The molecule has 1 fully saturated rings. The second-order valence-corrected chi connectivity index (χ2v) is 7.07. The third kappa shape index (κ3) is 5.70. The lowest BCUT2D eigenvalue weighted by Gasteiger charge is -2.32. The maximum Gasteiger partial charge on any atom is 0.166 e. The van der Waals surface area contributed by atoms with Crippen molar-refractivity contribution in [1.29, 1.82) is 0 Å². The molecule has 2 aromatic rings. The van der Waals surface area contributed by atoms with Gasteiger partial charge in [0.25, 0.3) is 0 Å². The zero-order chi connectivity index (χ0) is 19.1. The topological polar surface area (TPSA) is 49.8 Å². The van der Waals surface area contributed by atoms with Crippen LogP contribution in [0.5, 0.6) is 0 Å². The molecule has 0 aromatic heterocycles. The third-order valence-corrected chi connectivity index (χ3v) is 5.01. The van der Waals surface area contributed by atoms with Gasteiger partial charge in [0, 0.05) is 23.6 Å².